The van der Waals surface area contributed by atoms with E-state index in [0.29, 0.717) is 35.5 Å². The number of ether oxygens (including phenoxy) is 1. The zero-order valence-corrected chi connectivity index (χ0v) is 11.8. The molecule has 0 atom stereocenters. The van der Waals surface area contributed by atoms with Crippen molar-refractivity contribution >= 4 is 29.2 Å². The first-order valence-corrected chi connectivity index (χ1v) is 6.42. The third-order valence-electron chi connectivity index (χ3n) is 2.32. The molecule has 0 heterocycles. The molecule has 0 fully saturated rings. The summed E-state index contributed by atoms with van der Waals surface area (Å²) in [4.78, 5) is 12.4. The first kappa shape index (κ1) is 15.8. The molecule has 0 bridgehead atoms. The van der Waals surface area contributed by atoms with E-state index in [1.165, 1.54) is 0 Å². The number of carbonyl (C=O) groups is 1. The van der Waals surface area contributed by atoms with E-state index in [0.717, 1.165) is 0 Å². The molecular formula is C13H15Cl2NO3. The monoisotopic (exact) mass is 303 g/mol. The van der Waals surface area contributed by atoms with Crippen molar-refractivity contribution in [3.63, 3.8) is 0 Å². The Balaban J connectivity index is 2.51. The molecule has 0 aromatic heterocycles. The van der Waals surface area contributed by atoms with Gasteiger partial charge in [0.15, 0.2) is 5.75 Å². The van der Waals surface area contributed by atoms with Gasteiger partial charge < -0.3 is 9.84 Å². The Labute approximate surface area is 122 Å². The van der Waals surface area contributed by atoms with E-state index in [2.05, 4.69) is 6.58 Å². The van der Waals surface area contributed by atoms with E-state index in [1.807, 2.05) is 0 Å². The van der Waals surface area contributed by atoms with E-state index in [4.69, 9.17) is 33.0 Å². The number of nitrogens with zero attached hydrogens (tertiary/aromatic N) is 1. The quantitative estimate of drug-likeness (QED) is 0.750. The number of hydrogen-bond donors (Lipinski definition) is 1. The van der Waals surface area contributed by atoms with Crippen molar-refractivity contribution in [1.29, 1.82) is 0 Å². The van der Waals surface area contributed by atoms with Crippen LogP contribution in [0.25, 0.3) is 0 Å². The SMILES string of the molecule is C=CCN(CCOc1c(Cl)cccc1Cl)CC(=O)O. The van der Waals surface area contributed by atoms with Crippen molar-refractivity contribution in [2.24, 2.45) is 0 Å². The van der Waals surface area contributed by atoms with Crippen LogP contribution in [0, 0.1) is 0 Å². The smallest absolute Gasteiger partial charge is 0.317 e. The van der Waals surface area contributed by atoms with Crippen molar-refractivity contribution in [1.82, 2.24) is 4.90 Å². The Morgan fingerprint density at radius 1 is 1.42 bits per heavy atom. The minimum absolute atomic E-state index is 0.0639. The molecule has 1 aromatic carbocycles. The largest absolute Gasteiger partial charge is 0.489 e. The number of halogens is 2. The average molecular weight is 304 g/mol. The molecule has 19 heavy (non-hydrogen) atoms. The molecule has 1 rings (SSSR count). The maximum atomic E-state index is 10.7. The highest BCUT2D eigenvalue weighted by Gasteiger charge is 2.10. The maximum Gasteiger partial charge on any atom is 0.317 e. The Bertz CT molecular complexity index is 431. The molecule has 0 spiro atoms. The Morgan fingerprint density at radius 2 is 2.05 bits per heavy atom. The molecule has 1 N–H and O–H groups in total. The number of aliphatic carboxylic acids is 1. The Kier molecular flexibility index (Phi) is 6.70. The van der Waals surface area contributed by atoms with Crippen LogP contribution in [-0.4, -0.2) is 42.2 Å². The lowest BCUT2D eigenvalue weighted by Gasteiger charge is -2.18. The molecule has 6 heteroatoms. The first-order chi connectivity index (χ1) is 9.04. The zero-order chi connectivity index (χ0) is 14.3. The van der Waals surface area contributed by atoms with Gasteiger partial charge in [-0.15, -0.1) is 6.58 Å². The predicted molar refractivity (Wildman–Crippen MR) is 76.2 cm³/mol. The van der Waals surface area contributed by atoms with Gasteiger partial charge in [-0.3, -0.25) is 9.69 Å². The fourth-order valence-electron chi connectivity index (χ4n) is 1.51. The third kappa shape index (κ3) is 5.51. The van der Waals surface area contributed by atoms with Crippen LogP contribution in [0.15, 0.2) is 30.9 Å². The van der Waals surface area contributed by atoms with Crippen LogP contribution in [0.5, 0.6) is 5.75 Å². The normalized spacial score (nSPS) is 10.5. The van der Waals surface area contributed by atoms with Gasteiger partial charge in [-0.25, -0.2) is 0 Å². The topological polar surface area (TPSA) is 49.8 Å². The molecular weight excluding hydrogens is 289 g/mol. The van der Waals surface area contributed by atoms with Gasteiger partial charge in [0.1, 0.15) is 6.61 Å². The summed E-state index contributed by atoms with van der Waals surface area (Å²) in [6, 6.07) is 5.09. The minimum Gasteiger partial charge on any atom is -0.489 e. The molecule has 0 aliphatic carbocycles. The van der Waals surface area contributed by atoms with E-state index in [1.54, 1.807) is 29.2 Å². The van der Waals surface area contributed by atoms with Gasteiger partial charge in [0.2, 0.25) is 0 Å². The lowest BCUT2D eigenvalue weighted by Crippen LogP contribution is -2.33. The van der Waals surface area contributed by atoms with Crippen LogP contribution < -0.4 is 4.74 Å². The molecule has 4 nitrogen and oxygen atoms in total. The average Bonchev–Trinajstić information content (AvgIpc) is 2.32. The second-order valence-corrected chi connectivity index (χ2v) is 4.63. The summed E-state index contributed by atoms with van der Waals surface area (Å²) >= 11 is 11.9. The summed E-state index contributed by atoms with van der Waals surface area (Å²) in [5.74, 6) is -0.475. The number of carboxylic acid groups (broad SMARTS) is 1. The van der Waals surface area contributed by atoms with E-state index in [-0.39, 0.29) is 6.54 Å². The van der Waals surface area contributed by atoms with Crippen molar-refractivity contribution in [3.05, 3.63) is 40.9 Å². The number of benzene rings is 1. The molecule has 1 aromatic rings. The second-order valence-electron chi connectivity index (χ2n) is 3.82. The second kappa shape index (κ2) is 8.04. The summed E-state index contributed by atoms with van der Waals surface area (Å²) in [7, 11) is 0. The van der Waals surface area contributed by atoms with E-state index in [9.17, 15) is 4.79 Å². The van der Waals surface area contributed by atoms with Crippen molar-refractivity contribution in [2.75, 3.05) is 26.2 Å². The first-order valence-electron chi connectivity index (χ1n) is 5.66. The Hall–Kier alpha value is -1.23. The third-order valence-corrected chi connectivity index (χ3v) is 2.91. The van der Waals surface area contributed by atoms with Crippen LogP contribution in [0.3, 0.4) is 0 Å². The number of carboxylic acids is 1. The molecule has 0 saturated carbocycles. The summed E-state index contributed by atoms with van der Waals surface area (Å²) in [6.45, 7) is 4.74. The van der Waals surface area contributed by atoms with E-state index < -0.39 is 5.97 Å². The number of para-hydroxylation sites is 1. The fraction of sp³-hybridized carbons (Fsp3) is 0.308. The number of hydrogen-bond acceptors (Lipinski definition) is 3. The van der Waals surface area contributed by atoms with Gasteiger partial charge in [0.05, 0.1) is 16.6 Å². The van der Waals surface area contributed by atoms with Crippen molar-refractivity contribution in [3.8, 4) is 5.75 Å². The van der Waals surface area contributed by atoms with Crippen molar-refractivity contribution in [2.45, 2.75) is 0 Å². The standard InChI is InChI=1S/C13H15Cl2NO3/c1-2-6-16(9-12(17)18)7-8-19-13-10(14)4-3-5-11(13)15/h2-5H,1,6-9H2,(H,17,18). The van der Waals surface area contributed by atoms with Gasteiger partial charge in [-0.1, -0.05) is 35.3 Å². The van der Waals surface area contributed by atoms with Gasteiger partial charge in [0, 0.05) is 13.1 Å². The highest BCUT2D eigenvalue weighted by Crippen LogP contribution is 2.32. The molecule has 0 amide bonds. The van der Waals surface area contributed by atoms with Crippen LogP contribution >= 0.6 is 23.2 Å². The summed E-state index contributed by atoms with van der Waals surface area (Å²) < 4.78 is 5.49. The lowest BCUT2D eigenvalue weighted by atomic mass is 10.3. The lowest BCUT2D eigenvalue weighted by molar-refractivity contribution is -0.138. The highest BCUT2D eigenvalue weighted by molar-refractivity contribution is 6.37. The summed E-state index contributed by atoms with van der Waals surface area (Å²) in [5.41, 5.74) is 0. The van der Waals surface area contributed by atoms with Crippen LogP contribution in [0.2, 0.25) is 10.0 Å². The van der Waals surface area contributed by atoms with Gasteiger partial charge in [-0.05, 0) is 12.1 Å². The summed E-state index contributed by atoms with van der Waals surface area (Å²) in [6.07, 6.45) is 1.64. The Morgan fingerprint density at radius 3 is 2.58 bits per heavy atom. The van der Waals surface area contributed by atoms with Gasteiger partial charge in [-0.2, -0.15) is 0 Å². The molecule has 0 saturated heterocycles. The summed E-state index contributed by atoms with van der Waals surface area (Å²) in [5, 5.41) is 9.62. The van der Waals surface area contributed by atoms with Crippen LogP contribution in [0.1, 0.15) is 0 Å². The van der Waals surface area contributed by atoms with Gasteiger partial charge >= 0.3 is 5.97 Å². The van der Waals surface area contributed by atoms with Crippen LogP contribution in [-0.2, 0) is 4.79 Å². The maximum absolute atomic E-state index is 10.7. The molecule has 104 valence electrons. The van der Waals surface area contributed by atoms with E-state index >= 15 is 0 Å². The molecule has 0 unspecified atom stereocenters. The predicted octanol–water partition coefficient (Wildman–Crippen LogP) is 2.94. The number of rotatable bonds is 8. The fourth-order valence-corrected chi connectivity index (χ4v) is 2.01. The highest BCUT2D eigenvalue weighted by atomic mass is 35.5. The van der Waals surface area contributed by atoms with Crippen molar-refractivity contribution < 1.29 is 14.6 Å². The minimum atomic E-state index is -0.891. The zero-order valence-electron chi connectivity index (χ0n) is 10.3. The molecule has 0 radical (unpaired) electrons. The van der Waals surface area contributed by atoms with Gasteiger partial charge in [0.25, 0.3) is 0 Å². The molecule has 0 aliphatic heterocycles. The molecule has 0 aliphatic rings. The van der Waals surface area contributed by atoms with Crippen LogP contribution in [0.4, 0.5) is 0 Å².